The van der Waals surface area contributed by atoms with E-state index in [4.69, 9.17) is 14.2 Å². The van der Waals surface area contributed by atoms with Gasteiger partial charge in [-0.15, -0.1) is 0 Å². The number of ether oxygens (including phenoxy) is 3. The molecule has 2 aliphatic rings. The van der Waals surface area contributed by atoms with Gasteiger partial charge in [-0.25, -0.2) is 0 Å². The van der Waals surface area contributed by atoms with Crippen LogP contribution in [0.2, 0.25) is 0 Å². The topological polar surface area (TPSA) is 49.7 Å². The van der Waals surface area contributed by atoms with Gasteiger partial charge in [0.15, 0.2) is 11.5 Å². The molecule has 0 N–H and O–H groups in total. The highest BCUT2D eigenvalue weighted by atomic mass is 16.5. The molecule has 2 aliphatic heterocycles. The Labute approximate surface area is 172 Å². The smallest absolute Gasteiger partial charge is 0.251 e. The van der Waals surface area contributed by atoms with Gasteiger partial charge >= 0.3 is 0 Å². The first kappa shape index (κ1) is 20.0. The van der Waals surface area contributed by atoms with Gasteiger partial charge in [0.2, 0.25) is 0 Å². The lowest BCUT2D eigenvalue weighted by molar-refractivity contribution is 0.0633. The summed E-state index contributed by atoms with van der Waals surface area (Å²) in [5.74, 6) is 2.21. The second-order valence-electron chi connectivity index (χ2n) is 8.20. The van der Waals surface area contributed by atoms with Gasteiger partial charge in [-0.2, -0.15) is 0 Å². The minimum Gasteiger partial charge on any atom is -0.493 e. The summed E-state index contributed by atoms with van der Waals surface area (Å²) in [4.78, 5) is 12.9. The average molecular weight is 398 g/mol. The van der Waals surface area contributed by atoms with Crippen molar-refractivity contribution >= 4 is 0 Å². The lowest BCUT2D eigenvalue weighted by Crippen LogP contribution is -2.27. The SMILES string of the molecule is COc1cc2c(cc1OC)-c1c(C)c(CCCC3CCOCC3)cc(=O)n1CC2. The molecule has 0 unspecified atom stereocenters. The maximum Gasteiger partial charge on any atom is 0.251 e. The minimum atomic E-state index is 0.104. The third kappa shape index (κ3) is 3.93. The molecular weight excluding hydrogens is 366 g/mol. The second-order valence-corrected chi connectivity index (χ2v) is 8.20. The fourth-order valence-corrected chi connectivity index (χ4v) is 4.83. The Bertz CT molecular complexity index is 941. The van der Waals surface area contributed by atoms with Crippen molar-refractivity contribution in [1.29, 1.82) is 0 Å². The number of fused-ring (bicyclic) bond motifs is 3. The summed E-state index contributed by atoms with van der Waals surface area (Å²) in [6.45, 7) is 4.65. The van der Waals surface area contributed by atoms with Crippen LogP contribution in [0.5, 0.6) is 11.5 Å². The van der Waals surface area contributed by atoms with Gasteiger partial charge in [-0.1, -0.05) is 0 Å². The number of aromatic nitrogens is 1. The fourth-order valence-electron chi connectivity index (χ4n) is 4.83. The molecule has 1 aromatic carbocycles. The van der Waals surface area contributed by atoms with Crippen LogP contribution in [0, 0.1) is 12.8 Å². The molecule has 5 nitrogen and oxygen atoms in total. The monoisotopic (exact) mass is 397 g/mol. The van der Waals surface area contributed by atoms with Gasteiger partial charge in [0.1, 0.15) is 0 Å². The molecule has 3 heterocycles. The Morgan fingerprint density at radius 2 is 1.83 bits per heavy atom. The summed E-state index contributed by atoms with van der Waals surface area (Å²) in [7, 11) is 3.31. The zero-order valence-corrected chi connectivity index (χ0v) is 17.8. The van der Waals surface area contributed by atoms with Gasteiger partial charge in [0.25, 0.3) is 5.56 Å². The van der Waals surface area contributed by atoms with Crippen molar-refractivity contribution in [3.8, 4) is 22.8 Å². The Kier molecular flexibility index (Phi) is 5.95. The molecule has 0 bridgehead atoms. The van der Waals surface area contributed by atoms with E-state index in [9.17, 15) is 4.79 Å². The van der Waals surface area contributed by atoms with E-state index in [1.165, 1.54) is 36.0 Å². The number of aryl methyl sites for hydroxylation is 2. The molecule has 0 aliphatic carbocycles. The van der Waals surface area contributed by atoms with Gasteiger partial charge in [0.05, 0.1) is 19.9 Å². The number of methoxy groups -OCH3 is 2. The fraction of sp³-hybridized carbons (Fsp3) is 0.542. The van der Waals surface area contributed by atoms with Crippen molar-refractivity contribution < 1.29 is 14.2 Å². The van der Waals surface area contributed by atoms with E-state index in [1.54, 1.807) is 14.2 Å². The lowest BCUT2D eigenvalue weighted by Gasteiger charge is -2.26. The van der Waals surface area contributed by atoms with Gasteiger partial charge in [-0.05, 0) is 80.2 Å². The number of nitrogens with zero attached hydrogens (tertiary/aromatic N) is 1. The molecule has 1 fully saturated rings. The molecule has 1 aromatic heterocycles. The average Bonchev–Trinajstić information content (AvgIpc) is 2.76. The third-order valence-corrected chi connectivity index (χ3v) is 6.54. The van der Waals surface area contributed by atoms with E-state index in [-0.39, 0.29) is 5.56 Å². The van der Waals surface area contributed by atoms with Crippen molar-refractivity contribution in [1.82, 2.24) is 4.57 Å². The van der Waals surface area contributed by atoms with E-state index >= 15 is 0 Å². The van der Waals surface area contributed by atoms with E-state index in [2.05, 4.69) is 13.0 Å². The van der Waals surface area contributed by atoms with Gasteiger partial charge in [-0.3, -0.25) is 4.79 Å². The quantitative estimate of drug-likeness (QED) is 0.735. The summed E-state index contributed by atoms with van der Waals surface area (Å²) in [5, 5.41) is 0. The predicted octanol–water partition coefficient (Wildman–Crippen LogP) is 4.15. The Balaban J connectivity index is 1.65. The van der Waals surface area contributed by atoms with E-state index in [0.717, 1.165) is 55.4 Å². The van der Waals surface area contributed by atoms with E-state index in [1.807, 2.05) is 16.7 Å². The van der Waals surface area contributed by atoms with Crippen LogP contribution in [0.25, 0.3) is 11.3 Å². The van der Waals surface area contributed by atoms with Crippen molar-refractivity contribution in [2.75, 3.05) is 27.4 Å². The molecule has 0 spiro atoms. The van der Waals surface area contributed by atoms with Crippen LogP contribution >= 0.6 is 0 Å². The van der Waals surface area contributed by atoms with Crippen LogP contribution < -0.4 is 15.0 Å². The van der Waals surface area contributed by atoms with Crippen molar-refractivity contribution in [3.63, 3.8) is 0 Å². The minimum absolute atomic E-state index is 0.104. The summed E-state index contributed by atoms with van der Waals surface area (Å²) in [6, 6.07) is 5.94. The lowest BCUT2D eigenvalue weighted by atomic mass is 9.89. The first-order valence-electron chi connectivity index (χ1n) is 10.7. The summed E-state index contributed by atoms with van der Waals surface area (Å²) >= 11 is 0. The molecule has 156 valence electrons. The highest BCUT2D eigenvalue weighted by Crippen LogP contribution is 2.39. The normalized spacial score (nSPS) is 16.2. The molecule has 2 aromatic rings. The zero-order chi connectivity index (χ0) is 20.4. The zero-order valence-electron chi connectivity index (χ0n) is 17.8. The number of benzene rings is 1. The predicted molar refractivity (Wildman–Crippen MR) is 114 cm³/mol. The van der Waals surface area contributed by atoms with Gasteiger partial charge < -0.3 is 18.8 Å². The first-order valence-corrected chi connectivity index (χ1v) is 10.7. The molecule has 0 saturated carbocycles. The maximum atomic E-state index is 12.9. The third-order valence-electron chi connectivity index (χ3n) is 6.54. The molecule has 0 atom stereocenters. The summed E-state index contributed by atoms with van der Waals surface area (Å²) < 4.78 is 18.4. The summed E-state index contributed by atoms with van der Waals surface area (Å²) in [6.07, 6.45) is 6.44. The molecular formula is C24H31NO4. The second kappa shape index (κ2) is 8.62. The van der Waals surface area contributed by atoms with Crippen LogP contribution in [0.15, 0.2) is 23.0 Å². The maximum absolute atomic E-state index is 12.9. The van der Waals surface area contributed by atoms with E-state index < -0.39 is 0 Å². The van der Waals surface area contributed by atoms with Crippen LogP contribution in [0.4, 0.5) is 0 Å². The first-order chi connectivity index (χ1) is 14.1. The molecule has 0 radical (unpaired) electrons. The summed E-state index contributed by atoms with van der Waals surface area (Å²) in [5.41, 5.74) is 5.84. The van der Waals surface area contributed by atoms with Crippen molar-refractivity contribution in [3.05, 3.63) is 45.2 Å². The van der Waals surface area contributed by atoms with Crippen molar-refractivity contribution in [2.24, 2.45) is 5.92 Å². The highest BCUT2D eigenvalue weighted by Gasteiger charge is 2.23. The Morgan fingerprint density at radius 1 is 1.10 bits per heavy atom. The largest absolute Gasteiger partial charge is 0.493 e. The Morgan fingerprint density at radius 3 is 2.55 bits per heavy atom. The number of pyridine rings is 1. The van der Waals surface area contributed by atoms with Crippen molar-refractivity contribution in [2.45, 2.75) is 52.0 Å². The number of hydrogen-bond donors (Lipinski definition) is 0. The van der Waals surface area contributed by atoms with E-state index in [0.29, 0.717) is 12.3 Å². The molecule has 1 saturated heterocycles. The highest BCUT2D eigenvalue weighted by molar-refractivity contribution is 5.73. The molecule has 29 heavy (non-hydrogen) atoms. The molecule has 4 rings (SSSR count). The Hall–Kier alpha value is -2.27. The van der Waals surface area contributed by atoms with Crippen LogP contribution in [0.3, 0.4) is 0 Å². The molecule has 0 amide bonds. The standard InChI is InChI=1S/C24H31NO4/c1-16-18(6-4-5-17-8-11-29-12-9-17)14-23(26)25-10-7-19-13-21(27-2)22(28-3)15-20(19)24(16)25/h13-15,17H,4-12H2,1-3H3. The van der Waals surface area contributed by atoms with Crippen LogP contribution in [-0.4, -0.2) is 32.0 Å². The number of rotatable bonds is 6. The van der Waals surface area contributed by atoms with Crippen LogP contribution in [-0.2, 0) is 24.1 Å². The van der Waals surface area contributed by atoms with Crippen LogP contribution in [0.1, 0.15) is 42.4 Å². The number of hydrogen-bond acceptors (Lipinski definition) is 4. The molecule has 5 heteroatoms. The van der Waals surface area contributed by atoms with Gasteiger partial charge in [0, 0.05) is 31.4 Å².